The standard InChI is InChI=1S/C18H21ClN2O3S/c1-13-6-4-5-7-17(13)14(2)20-18(22)12-21(3)25(23,24)16-10-8-15(19)9-11-16/h4-11,14H,12H2,1-3H3,(H,20,22)/t14-/m0/s1. The van der Waals surface area contributed by atoms with Crippen molar-refractivity contribution in [2.24, 2.45) is 0 Å². The van der Waals surface area contributed by atoms with E-state index < -0.39 is 10.0 Å². The monoisotopic (exact) mass is 380 g/mol. The fourth-order valence-corrected chi connectivity index (χ4v) is 3.76. The van der Waals surface area contributed by atoms with Crippen molar-refractivity contribution in [1.82, 2.24) is 9.62 Å². The fourth-order valence-electron chi connectivity index (χ4n) is 2.51. The maximum absolute atomic E-state index is 12.5. The molecule has 25 heavy (non-hydrogen) atoms. The number of likely N-dealkylation sites (N-methyl/N-ethyl adjacent to an activating group) is 1. The van der Waals surface area contributed by atoms with E-state index >= 15 is 0 Å². The first-order chi connectivity index (χ1) is 11.7. The van der Waals surface area contributed by atoms with Gasteiger partial charge in [-0.3, -0.25) is 4.79 Å². The summed E-state index contributed by atoms with van der Waals surface area (Å²) in [5.74, 6) is -0.365. The molecule has 0 heterocycles. The number of amides is 1. The molecule has 1 amide bonds. The van der Waals surface area contributed by atoms with E-state index in [0.29, 0.717) is 5.02 Å². The quantitative estimate of drug-likeness (QED) is 0.837. The number of sulfonamides is 1. The second kappa shape index (κ2) is 7.99. The van der Waals surface area contributed by atoms with E-state index in [1.807, 2.05) is 38.1 Å². The van der Waals surface area contributed by atoms with E-state index in [4.69, 9.17) is 11.6 Å². The topological polar surface area (TPSA) is 66.5 Å². The van der Waals surface area contributed by atoms with Crippen LogP contribution in [0.1, 0.15) is 24.1 Å². The van der Waals surface area contributed by atoms with Gasteiger partial charge in [0.15, 0.2) is 0 Å². The van der Waals surface area contributed by atoms with Gasteiger partial charge in [0.1, 0.15) is 0 Å². The molecule has 0 saturated heterocycles. The molecule has 0 radical (unpaired) electrons. The van der Waals surface area contributed by atoms with Crippen LogP contribution in [0.15, 0.2) is 53.4 Å². The molecule has 2 aromatic carbocycles. The summed E-state index contributed by atoms with van der Waals surface area (Å²) in [7, 11) is -2.37. The molecule has 7 heteroatoms. The second-order valence-corrected chi connectivity index (χ2v) is 8.34. The van der Waals surface area contributed by atoms with Crippen molar-refractivity contribution in [3.05, 3.63) is 64.7 Å². The molecule has 0 unspecified atom stereocenters. The van der Waals surface area contributed by atoms with Gasteiger partial charge in [-0.05, 0) is 49.2 Å². The highest BCUT2D eigenvalue weighted by atomic mass is 35.5. The molecule has 0 aliphatic heterocycles. The van der Waals surface area contributed by atoms with E-state index in [0.717, 1.165) is 15.4 Å². The molecule has 5 nitrogen and oxygen atoms in total. The number of halogens is 1. The first-order valence-corrected chi connectivity index (χ1v) is 9.60. The summed E-state index contributed by atoms with van der Waals surface area (Å²) in [6, 6.07) is 13.4. The lowest BCUT2D eigenvalue weighted by molar-refractivity contribution is -0.121. The summed E-state index contributed by atoms with van der Waals surface area (Å²) in [6.07, 6.45) is 0. The number of nitrogens with zero attached hydrogens (tertiary/aromatic N) is 1. The number of rotatable bonds is 6. The van der Waals surface area contributed by atoms with E-state index in [1.165, 1.54) is 31.3 Å². The van der Waals surface area contributed by atoms with E-state index in [1.54, 1.807) is 0 Å². The average Bonchev–Trinajstić information content (AvgIpc) is 2.55. The highest BCUT2D eigenvalue weighted by molar-refractivity contribution is 7.89. The van der Waals surface area contributed by atoms with Crippen LogP contribution in [0.3, 0.4) is 0 Å². The highest BCUT2D eigenvalue weighted by Crippen LogP contribution is 2.18. The molecular weight excluding hydrogens is 360 g/mol. The molecule has 134 valence electrons. The van der Waals surface area contributed by atoms with Gasteiger partial charge in [-0.1, -0.05) is 35.9 Å². The third-order valence-electron chi connectivity index (χ3n) is 3.92. The predicted octanol–water partition coefficient (Wildman–Crippen LogP) is 3.15. The number of benzene rings is 2. The van der Waals surface area contributed by atoms with Crippen molar-refractivity contribution in [2.75, 3.05) is 13.6 Å². The van der Waals surface area contributed by atoms with Crippen LogP contribution in [0.5, 0.6) is 0 Å². The molecular formula is C18H21ClN2O3S. The summed E-state index contributed by atoms with van der Waals surface area (Å²) in [6.45, 7) is 3.57. The molecule has 0 aliphatic carbocycles. The number of nitrogens with one attached hydrogen (secondary N) is 1. The molecule has 1 atom stereocenters. The van der Waals surface area contributed by atoms with Gasteiger partial charge in [-0.2, -0.15) is 4.31 Å². The van der Waals surface area contributed by atoms with Crippen molar-refractivity contribution in [3.8, 4) is 0 Å². The van der Waals surface area contributed by atoms with Crippen LogP contribution < -0.4 is 5.32 Å². The van der Waals surface area contributed by atoms with Crippen LogP contribution >= 0.6 is 11.6 Å². The minimum absolute atomic E-state index is 0.0964. The van der Waals surface area contributed by atoms with Crippen LogP contribution in [-0.2, 0) is 14.8 Å². The van der Waals surface area contributed by atoms with Crippen LogP contribution in [0.25, 0.3) is 0 Å². The smallest absolute Gasteiger partial charge is 0.243 e. The Bertz CT molecular complexity index is 851. The van der Waals surface area contributed by atoms with Gasteiger partial charge in [-0.15, -0.1) is 0 Å². The molecule has 0 spiro atoms. The maximum Gasteiger partial charge on any atom is 0.243 e. The van der Waals surface area contributed by atoms with Gasteiger partial charge in [0, 0.05) is 12.1 Å². The third kappa shape index (κ3) is 4.81. The minimum atomic E-state index is -3.75. The molecule has 0 aromatic heterocycles. The second-order valence-electron chi connectivity index (χ2n) is 5.86. The summed E-state index contributed by atoms with van der Waals surface area (Å²) in [4.78, 5) is 12.3. The third-order valence-corrected chi connectivity index (χ3v) is 5.99. The molecule has 2 aromatic rings. The zero-order chi connectivity index (χ0) is 18.6. The molecule has 1 N–H and O–H groups in total. The highest BCUT2D eigenvalue weighted by Gasteiger charge is 2.23. The van der Waals surface area contributed by atoms with E-state index in [2.05, 4.69) is 5.32 Å². The Balaban J connectivity index is 2.04. The van der Waals surface area contributed by atoms with Gasteiger partial charge in [0.05, 0.1) is 17.5 Å². The SMILES string of the molecule is Cc1ccccc1[C@H](C)NC(=O)CN(C)S(=O)(=O)c1ccc(Cl)cc1. The van der Waals surface area contributed by atoms with E-state index in [9.17, 15) is 13.2 Å². The molecule has 0 bridgehead atoms. The zero-order valence-electron chi connectivity index (χ0n) is 14.4. The minimum Gasteiger partial charge on any atom is -0.348 e. The van der Waals surface area contributed by atoms with Crippen molar-refractivity contribution < 1.29 is 13.2 Å². The maximum atomic E-state index is 12.5. The van der Waals surface area contributed by atoms with E-state index in [-0.39, 0.29) is 23.4 Å². The first-order valence-electron chi connectivity index (χ1n) is 7.78. The largest absolute Gasteiger partial charge is 0.348 e. The Kier molecular flexibility index (Phi) is 6.21. The van der Waals surface area contributed by atoms with Crippen molar-refractivity contribution in [1.29, 1.82) is 0 Å². The Morgan fingerprint density at radius 1 is 1.16 bits per heavy atom. The van der Waals surface area contributed by atoms with Gasteiger partial charge in [-0.25, -0.2) is 8.42 Å². The van der Waals surface area contributed by atoms with Gasteiger partial charge < -0.3 is 5.32 Å². The van der Waals surface area contributed by atoms with Crippen LogP contribution in [0, 0.1) is 6.92 Å². The van der Waals surface area contributed by atoms with Gasteiger partial charge in [0.2, 0.25) is 15.9 Å². The number of hydrogen-bond donors (Lipinski definition) is 1. The lowest BCUT2D eigenvalue weighted by atomic mass is 10.0. The lowest BCUT2D eigenvalue weighted by Crippen LogP contribution is -2.39. The Labute approximate surface area is 153 Å². The van der Waals surface area contributed by atoms with Crippen LogP contribution in [0.4, 0.5) is 0 Å². The van der Waals surface area contributed by atoms with Gasteiger partial charge in [0.25, 0.3) is 0 Å². The summed E-state index contributed by atoms with van der Waals surface area (Å²) >= 11 is 5.78. The van der Waals surface area contributed by atoms with Crippen LogP contribution in [0.2, 0.25) is 5.02 Å². The van der Waals surface area contributed by atoms with Crippen molar-refractivity contribution in [2.45, 2.75) is 24.8 Å². The summed E-state index contributed by atoms with van der Waals surface area (Å²) in [5, 5.41) is 3.28. The zero-order valence-corrected chi connectivity index (χ0v) is 15.9. The first kappa shape index (κ1) is 19.4. The normalized spacial score (nSPS) is 12.8. The number of hydrogen-bond acceptors (Lipinski definition) is 3. The Morgan fingerprint density at radius 2 is 1.76 bits per heavy atom. The van der Waals surface area contributed by atoms with Crippen molar-refractivity contribution in [3.63, 3.8) is 0 Å². The fraction of sp³-hybridized carbons (Fsp3) is 0.278. The molecule has 0 fully saturated rings. The predicted molar refractivity (Wildman–Crippen MR) is 99.0 cm³/mol. The molecule has 2 rings (SSSR count). The van der Waals surface area contributed by atoms with Crippen molar-refractivity contribution >= 4 is 27.5 Å². The Hall–Kier alpha value is -1.89. The molecule has 0 saturated carbocycles. The average molecular weight is 381 g/mol. The Morgan fingerprint density at radius 3 is 2.36 bits per heavy atom. The number of carbonyl (C=O) groups excluding carboxylic acids is 1. The lowest BCUT2D eigenvalue weighted by Gasteiger charge is -2.20. The number of aryl methyl sites for hydroxylation is 1. The van der Waals surface area contributed by atoms with Gasteiger partial charge >= 0.3 is 0 Å². The summed E-state index contributed by atoms with van der Waals surface area (Å²) in [5.41, 5.74) is 2.07. The van der Waals surface area contributed by atoms with Crippen LogP contribution in [-0.4, -0.2) is 32.2 Å². The molecule has 0 aliphatic rings. The number of carbonyl (C=O) groups is 1. The summed E-state index contributed by atoms with van der Waals surface area (Å²) < 4.78 is 26.0.